The highest BCUT2D eigenvalue weighted by molar-refractivity contribution is 6.22. The number of imide groups is 1. The Bertz CT molecular complexity index is 1090. The summed E-state index contributed by atoms with van der Waals surface area (Å²) in [5.74, 6) is -1.23. The van der Waals surface area contributed by atoms with E-state index in [1.54, 1.807) is 18.2 Å². The van der Waals surface area contributed by atoms with Crippen molar-refractivity contribution in [1.82, 2.24) is 0 Å². The fraction of sp³-hybridized carbons (Fsp3) is 0.385. The quantitative estimate of drug-likeness (QED) is 0.400. The van der Waals surface area contributed by atoms with E-state index in [1.807, 2.05) is 26.0 Å². The second-order valence-electron chi connectivity index (χ2n) is 9.01. The molecular weight excluding hydrogens is 406 g/mol. The van der Waals surface area contributed by atoms with Gasteiger partial charge in [0.25, 0.3) is 0 Å². The van der Waals surface area contributed by atoms with Crippen molar-refractivity contribution in [3.8, 4) is 0 Å². The minimum absolute atomic E-state index is 0.152. The summed E-state index contributed by atoms with van der Waals surface area (Å²) in [6, 6.07) is 11.8. The molecule has 6 nitrogen and oxygen atoms in total. The van der Waals surface area contributed by atoms with Crippen molar-refractivity contribution < 1.29 is 23.9 Å². The molecule has 0 aromatic heterocycles. The standard InChI is InChI=1S/C26H27NO5/c1-15-4-6-17(3)21(12-15)23(28)14-32-26(31)18-7-9-19(10-8-18)27-24(29)20-11-5-16(2)13-22(20)25(27)30/h4,6-10,12,16,20,22H,5,11,13-14H2,1-3H3/t16-,20-,22+/m1/s1. The van der Waals surface area contributed by atoms with E-state index in [9.17, 15) is 19.2 Å². The Morgan fingerprint density at radius 2 is 1.66 bits per heavy atom. The van der Waals surface area contributed by atoms with Gasteiger partial charge in [0, 0.05) is 5.56 Å². The van der Waals surface area contributed by atoms with Crippen LogP contribution in [0.1, 0.15) is 58.0 Å². The molecule has 1 heterocycles. The topological polar surface area (TPSA) is 80.8 Å². The van der Waals surface area contributed by atoms with Gasteiger partial charge in [-0.05, 0) is 74.9 Å². The van der Waals surface area contributed by atoms with E-state index in [1.165, 1.54) is 17.0 Å². The molecule has 1 saturated carbocycles. The first-order valence-corrected chi connectivity index (χ1v) is 11.0. The zero-order chi connectivity index (χ0) is 23.0. The van der Waals surface area contributed by atoms with Crippen molar-refractivity contribution in [3.63, 3.8) is 0 Å². The Kier molecular flexibility index (Phi) is 5.96. The van der Waals surface area contributed by atoms with Gasteiger partial charge >= 0.3 is 5.97 Å². The molecule has 2 aromatic carbocycles. The summed E-state index contributed by atoms with van der Waals surface area (Å²) >= 11 is 0. The summed E-state index contributed by atoms with van der Waals surface area (Å²) in [6.45, 7) is 5.50. The lowest BCUT2D eigenvalue weighted by molar-refractivity contribution is -0.122. The second kappa shape index (κ2) is 8.69. The number of amides is 2. The van der Waals surface area contributed by atoms with Crippen molar-refractivity contribution >= 4 is 29.3 Å². The number of rotatable bonds is 5. The van der Waals surface area contributed by atoms with Gasteiger partial charge in [-0.1, -0.05) is 24.6 Å². The molecule has 4 rings (SSSR count). The molecule has 3 atom stereocenters. The molecule has 1 aliphatic carbocycles. The van der Waals surface area contributed by atoms with Gasteiger partial charge in [-0.2, -0.15) is 0 Å². The van der Waals surface area contributed by atoms with Crippen LogP contribution < -0.4 is 4.90 Å². The fourth-order valence-corrected chi connectivity index (χ4v) is 4.72. The number of carbonyl (C=O) groups excluding carboxylic acids is 4. The Morgan fingerprint density at radius 1 is 0.969 bits per heavy atom. The number of fused-ring (bicyclic) bond motifs is 1. The summed E-state index contributed by atoms with van der Waals surface area (Å²) in [5.41, 5.74) is 3.05. The fourth-order valence-electron chi connectivity index (χ4n) is 4.72. The summed E-state index contributed by atoms with van der Waals surface area (Å²) in [5, 5.41) is 0. The number of anilines is 1. The Hall–Kier alpha value is -3.28. The molecule has 1 saturated heterocycles. The van der Waals surface area contributed by atoms with E-state index in [0.717, 1.165) is 30.4 Å². The molecule has 166 valence electrons. The van der Waals surface area contributed by atoms with Gasteiger partial charge in [0.2, 0.25) is 17.6 Å². The molecule has 0 radical (unpaired) electrons. The molecule has 0 bridgehead atoms. The molecule has 2 aliphatic rings. The van der Waals surface area contributed by atoms with Crippen LogP contribution in [0.4, 0.5) is 5.69 Å². The summed E-state index contributed by atoms with van der Waals surface area (Å²) < 4.78 is 5.20. The Balaban J connectivity index is 1.42. The van der Waals surface area contributed by atoms with E-state index in [-0.39, 0.29) is 41.6 Å². The number of ether oxygens (including phenoxy) is 1. The number of carbonyl (C=O) groups is 4. The van der Waals surface area contributed by atoms with Crippen molar-refractivity contribution in [2.75, 3.05) is 11.5 Å². The molecule has 6 heteroatoms. The molecule has 2 aromatic rings. The number of ketones is 1. The third-order valence-corrected chi connectivity index (χ3v) is 6.58. The van der Waals surface area contributed by atoms with Crippen LogP contribution >= 0.6 is 0 Å². The molecule has 2 fully saturated rings. The van der Waals surface area contributed by atoms with Crippen LogP contribution in [0.25, 0.3) is 0 Å². The smallest absolute Gasteiger partial charge is 0.338 e. The summed E-state index contributed by atoms with van der Waals surface area (Å²) in [7, 11) is 0. The molecule has 32 heavy (non-hydrogen) atoms. The maximum atomic E-state index is 12.9. The zero-order valence-corrected chi connectivity index (χ0v) is 18.6. The minimum Gasteiger partial charge on any atom is -0.454 e. The largest absolute Gasteiger partial charge is 0.454 e. The lowest BCUT2D eigenvalue weighted by Crippen LogP contribution is -2.30. The number of aryl methyl sites for hydroxylation is 2. The maximum Gasteiger partial charge on any atom is 0.338 e. The van der Waals surface area contributed by atoms with Crippen molar-refractivity contribution in [3.05, 3.63) is 64.7 Å². The first-order chi connectivity index (χ1) is 15.3. The van der Waals surface area contributed by atoms with Gasteiger partial charge in [-0.3, -0.25) is 19.3 Å². The first kappa shape index (κ1) is 21.9. The maximum absolute atomic E-state index is 12.9. The van der Waals surface area contributed by atoms with Crippen LogP contribution in [0.5, 0.6) is 0 Å². The van der Waals surface area contributed by atoms with Crippen LogP contribution in [0.3, 0.4) is 0 Å². The van der Waals surface area contributed by atoms with E-state index >= 15 is 0 Å². The van der Waals surface area contributed by atoms with Crippen LogP contribution in [0, 0.1) is 31.6 Å². The van der Waals surface area contributed by atoms with Crippen molar-refractivity contribution in [2.45, 2.75) is 40.0 Å². The van der Waals surface area contributed by atoms with Crippen LogP contribution in [-0.4, -0.2) is 30.2 Å². The van der Waals surface area contributed by atoms with Crippen LogP contribution in [0.15, 0.2) is 42.5 Å². The molecule has 1 aliphatic heterocycles. The summed E-state index contributed by atoms with van der Waals surface area (Å²) in [4.78, 5) is 51.8. The van der Waals surface area contributed by atoms with Gasteiger partial charge < -0.3 is 4.74 Å². The van der Waals surface area contributed by atoms with Gasteiger partial charge in [0.1, 0.15) is 0 Å². The average Bonchev–Trinajstić information content (AvgIpc) is 3.03. The predicted octanol–water partition coefficient (Wildman–Crippen LogP) is 4.27. The number of nitrogens with zero attached hydrogens (tertiary/aromatic N) is 1. The molecule has 0 N–H and O–H groups in total. The minimum atomic E-state index is -0.628. The number of hydrogen-bond donors (Lipinski definition) is 0. The van der Waals surface area contributed by atoms with Gasteiger partial charge in [0.15, 0.2) is 6.61 Å². The highest BCUT2D eigenvalue weighted by Gasteiger charge is 2.49. The lowest BCUT2D eigenvalue weighted by Gasteiger charge is -2.25. The number of benzene rings is 2. The third-order valence-electron chi connectivity index (χ3n) is 6.58. The van der Waals surface area contributed by atoms with E-state index in [0.29, 0.717) is 17.2 Å². The number of hydrogen-bond acceptors (Lipinski definition) is 5. The van der Waals surface area contributed by atoms with Crippen LogP contribution in [0.2, 0.25) is 0 Å². The van der Waals surface area contributed by atoms with Gasteiger partial charge in [0.05, 0.1) is 23.1 Å². The average molecular weight is 434 g/mol. The van der Waals surface area contributed by atoms with Gasteiger partial charge in [-0.25, -0.2) is 4.79 Å². The first-order valence-electron chi connectivity index (χ1n) is 11.0. The second-order valence-corrected chi connectivity index (χ2v) is 9.01. The number of esters is 1. The Morgan fingerprint density at radius 3 is 2.38 bits per heavy atom. The van der Waals surface area contributed by atoms with E-state index in [4.69, 9.17) is 4.74 Å². The third kappa shape index (κ3) is 4.09. The predicted molar refractivity (Wildman–Crippen MR) is 119 cm³/mol. The molecular formula is C26H27NO5. The monoisotopic (exact) mass is 433 g/mol. The van der Waals surface area contributed by atoms with E-state index in [2.05, 4.69) is 6.92 Å². The lowest BCUT2D eigenvalue weighted by atomic mass is 9.76. The normalized spacial score (nSPS) is 22.6. The Labute approximate surface area is 187 Å². The molecule has 0 unspecified atom stereocenters. The summed E-state index contributed by atoms with van der Waals surface area (Å²) in [6.07, 6.45) is 2.44. The SMILES string of the molecule is Cc1ccc(C)c(C(=O)COC(=O)c2ccc(N3C(=O)[C@H]4C[C@H](C)CC[C@H]4C3=O)cc2)c1. The van der Waals surface area contributed by atoms with Crippen molar-refractivity contribution in [2.24, 2.45) is 17.8 Å². The van der Waals surface area contributed by atoms with Gasteiger partial charge in [-0.15, -0.1) is 0 Å². The highest BCUT2D eigenvalue weighted by Crippen LogP contribution is 2.42. The number of Topliss-reactive ketones (excluding diaryl/α,β-unsaturated/α-hetero) is 1. The van der Waals surface area contributed by atoms with Crippen molar-refractivity contribution in [1.29, 1.82) is 0 Å². The molecule has 2 amide bonds. The van der Waals surface area contributed by atoms with Crippen LogP contribution in [-0.2, 0) is 14.3 Å². The zero-order valence-electron chi connectivity index (χ0n) is 18.6. The highest BCUT2D eigenvalue weighted by atomic mass is 16.5. The molecule has 0 spiro atoms. The van der Waals surface area contributed by atoms with E-state index < -0.39 is 5.97 Å².